The van der Waals surface area contributed by atoms with E-state index in [9.17, 15) is 10.1 Å². The Labute approximate surface area is 68.5 Å². The molecule has 0 aromatic heterocycles. The molecule has 0 bridgehead atoms. The summed E-state index contributed by atoms with van der Waals surface area (Å²) in [5.41, 5.74) is -2.01. The van der Waals surface area contributed by atoms with Crippen LogP contribution in [0.1, 0.15) is 0 Å². The number of nitro groups is 1. The van der Waals surface area contributed by atoms with Crippen LogP contribution in [0.15, 0.2) is 24.4 Å². The van der Waals surface area contributed by atoms with Gasteiger partial charge in [-0.25, -0.2) is 0 Å². The van der Waals surface area contributed by atoms with Crippen LogP contribution in [-0.4, -0.2) is 27.7 Å². The lowest BCUT2D eigenvalue weighted by Crippen LogP contribution is -2.60. The van der Waals surface area contributed by atoms with Crippen LogP contribution in [-0.2, 0) is 0 Å². The Hall–Kier alpha value is -1.34. The molecule has 0 saturated carbocycles. The highest BCUT2D eigenvalue weighted by Gasteiger charge is 2.52. The van der Waals surface area contributed by atoms with Crippen LogP contribution >= 0.6 is 0 Å². The molecule has 3 N–H and O–H groups in total. The van der Waals surface area contributed by atoms with Gasteiger partial charge in [0.2, 0.25) is 0 Å². The standard InChI is InChI=1S/C5H7BN2O4/c9-6(10)5(8(11)12)3-1-2-4-7-5/h1-4,7,9-10H. The molecule has 0 spiro atoms. The zero-order valence-electron chi connectivity index (χ0n) is 6.04. The molecule has 0 amide bonds. The predicted molar refractivity (Wildman–Crippen MR) is 41.3 cm³/mol. The third kappa shape index (κ3) is 1.19. The predicted octanol–water partition coefficient (Wildman–Crippen LogP) is -1.36. The topological polar surface area (TPSA) is 95.6 Å². The molecule has 0 radical (unpaired) electrons. The molecular formula is C5H7BN2O4. The van der Waals surface area contributed by atoms with E-state index in [0.717, 1.165) is 6.08 Å². The molecule has 1 atom stereocenters. The number of allylic oxidation sites excluding steroid dienone is 2. The maximum Gasteiger partial charge on any atom is 0.573 e. The molecule has 1 unspecified atom stereocenters. The molecule has 64 valence electrons. The van der Waals surface area contributed by atoms with Gasteiger partial charge in [-0.05, 0) is 6.08 Å². The number of hydrogen-bond acceptors (Lipinski definition) is 5. The first-order chi connectivity index (χ1) is 5.59. The first-order valence-corrected chi connectivity index (χ1v) is 3.22. The molecule has 0 aromatic rings. The third-order valence-electron chi connectivity index (χ3n) is 1.57. The van der Waals surface area contributed by atoms with Crippen LogP contribution in [0.25, 0.3) is 0 Å². The number of dihydropyridines is 1. The fourth-order valence-electron chi connectivity index (χ4n) is 0.856. The molecule has 0 aliphatic carbocycles. The molecule has 0 saturated heterocycles. The van der Waals surface area contributed by atoms with Gasteiger partial charge in [0.1, 0.15) is 0 Å². The van der Waals surface area contributed by atoms with Gasteiger partial charge < -0.3 is 15.4 Å². The fourth-order valence-corrected chi connectivity index (χ4v) is 0.856. The van der Waals surface area contributed by atoms with E-state index in [1.54, 1.807) is 0 Å². The quantitative estimate of drug-likeness (QED) is 0.270. The van der Waals surface area contributed by atoms with E-state index < -0.39 is 17.6 Å². The van der Waals surface area contributed by atoms with Crippen LogP contribution in [0.3, 0.4) is 0 Å². The second kappa shape index (κ2) is 2.96. The van der Waals surface area contributed by atoms with Gasteiger partial charge in [-0.15, -0.1) is 0 Å². The fraction of sp³-hybridized carbons (Fsp3) is 0.200. The Kier molecular flexibility index (Phi) is 2.16. The van der Waals surface area contributed by atoms with Gasteiger partial charge in [-0.3, -0.25) is 10.1 Å². The lowest BCUT2D eigenvalue weighted by Gasteiger charge is -2.22. The van der Waals surface area contributed by atoms with E-state index in [1.807, 2.05) is 0 Å². The zero-order valence-corrected chi connectivity index (χ0v) is 6.04. The van der Waals surface area contributed by atoms with E-state index in [2.05, 4.69) is 5.32 Å². The van der Waals surface area contributed by atoms with Crippen molar-refractivity contribution in [3.05, 3.63) is 34.5 Å². The summed E-state index contributed by atoms with van der Waals surface area (Å²) in [5.74, 6) is 0. The Balaban J connectivity index is 2.96. The smallest absolute Gasteiger partial charge is 0.420 e. The van der Waals surface area contributed by atoms with Crippen LogP contribution < -0.4 is 5.32 Å². The van der Waals surface area contributed by atoms with E-state index in [0.29, 0.717) is 0 Å². The van der Waals surface area contributed by atoms with Gasteiger partial charge in [0.15, 0.2) is 0 Å². The van der Waals surface area contributed by atoms with Crippen molar-refractivity contribution in [2.45, 2.75) is 5.56 Å². The van der Waals surface area contributed by atoms with E-state index in [-0.39, 0.29) is 0 Å². The summed E-state index contributed by atoms with van der Waals surface area (Å²) >= 11 is 0. The minimum absolute atomic E-state index is 0.794. The van der Waals surface area contributed by atoms with Crippen LogP contribution in [0.2, 0.25) is 0 Å². The van der Waals surface area contributed by atoms with Gasteiger partial charge in [0.05, 0.1) is 0 Å². The summed E-state index contributed by atoms with van der Waals surface area (Å²) in [5, 5.41) is 30.2. The van der Waals surface area contributed by atoms with E-state index in [1.165, 1.54) is 18.4 Å². The first kappa shape index (κ1) is 8.76. The minimum atomic E-state index is -2.08. The summed E-state index contributed by atoms with van der Waals surface area (Å²) in [7, 11) is -2.08. The second-order valence-corrected chi connectivity index (χ2v) is 2.32. The lowest BCUT2D eigenvalue weighted by molar-refractivity contribution is -0.539. The highest BCUT2D eigenvalue weighted by Crippen LogP contribution is 2.12. The normalized spacial score (nSPS) is 26.5. The Bertz CT molecular complexity index is 252. The van der Waals surface area contributed by atoms with Crippen molar-refractivity contribution < 1.29 is 15.0 Å². The Morgan fingerprint density at radius 1 is 1.50 bits per heavy atom. The van der Waals surface area contributed by atoms with Crippen LogP contribution in [0, 0.1) is 10.1 Å². The molecule has 1 rings (SSSR count). The van der Waals surface area contributed by atoms with E-state index >= 15 is 0 Å². The van der Waals surface area contributed by atoms with Crippen molar-refractivity contribution in [3.8, 4) is 0 Å². The Morgan fingerprint density at radius 3 is 2.42 bits per heavy atom. The average Bonchev–Trinajstić information content (AvgIpc) is 2.05. The molecule has 6 nitrogen and oxygen atoms in total. The third-order valence-corrected chi connectivity index (χ3v) is 1.57. The SMILES string of the molecule is O=[N+]([O-])C1(B(O)O)C=CC=CN1. The molecule has 1 aliphatic rings. The van der Waals surface area contributed by atoms with Gasteiger partial charge in [0, 0.05) is 17.2 Å². The van der Waals surface area contributed by atoms with Crippen molar-refractivity contribution in [3.63, 3.8) is 0 Å². The highest BCUT2D eigenvalue weighted by atomic mass is 16.6. The van der Waals surface area contributed by atoms with Gasteiger partial charge in [-0.2, -0.15) is 0 Å². The van der Waals surface area contributed by atoms with Crippen LogP contribution in [0.4, 0.5) is 0 Å². The largest absolute Gasteiger partial charge is 0.573 e. The van der Waals surface area contributed by atoms with Crippen molar-refractivity contribution >= 4 is 7.12 Å². The number of nitrogens with zero attached hydrogens (tertiary/aromatic N) is 1. The molecule has 7 heteroatoms. The molecule has 0 fully saturated rings. The average molecular weight is 170 g/mol. The molecule has 12 heavy (non-hydrogen) atoms. The summed E-state index contributed by atoms with van der Waals surface area (Å²) < 4.78 is 0. The summed E-state index contributed by atoms with van der Waals surface area (Å²) in [6.07, 6.45) is 5.25. The number of hydrogen-bond donors (Lipinski definition) is 3. The van der Waals surface area contributed by atoms with Crippen molar-refractivity contribution in [1.29, 1.82) is 0 Å². The monoisotopic (exact) mass is 170 g/mol. The number of rotatable bonds is 2. The zero-order chi connectivity index (χ0) is 9.19. The first-order valence-electron chi connectivity index (χ1n) is 3.22. The van der Waals surface area contributed by atoms with Gasteiger partial charge in [-0.1, -0.05) is 6.08 Å². The van der Waals surface area contributed by atoms with Crippen molar-refractivity contribution in [1.82, 2.24) is 5.32 Å². The highest BCUT2D eigenvalue weighted by molar-refractivity contribution is 6.45. The molecule has 1 heterocycles. The van der Waals surface area contributed by atoms with Crippen molar-refractivity contribution in [2.24, 2.45) is 0 Å². The molecule has 0 aromatic carbocycles. The minimum Gasteiger partial charge on any atom is -0.420 e. The second-order valence-electron chi connectivity index (χ2n) is 2.32. The summed E-state index contributed by atoms with van der Waals surface area (Å²) in [6, 6.07) is 0. The number of nitrogens with one attached hydrogen (secondary N) is 1. The van der Waals surface area contributed by atoms with E-state index in [4.69, 9.17) is 10.0 Å². The maximum atomic E-state index is 10.5. The molecule has 1 aliphatic heterocycles. The van der Waals surface area contributed by atoms with Gasteiger partial charge >= 0.3 is 12.7 Å². The summed E-state index contributed by atoms with van der Waals surface area (Å²) in [4.78, 5) is 9.66. The molecular weight excluding hydrogens is 163 g/mol. The van der Waals surface area contributed by atoms with Crippen LogP contribution in [0.5, 0.6) is 0 Å². The lowest BCUT2D eigenvalue weighted by atomic mass is 9.71. The Morgan fingerprint density at radius 2 is 2.17 bits per heavy atom. The van der Waals surface area contributed by atoms with Gasteiger partial charge in [0.25, 0.3) is 0 Å². The maximum absolute atomic E-state index is 10.5. The van der Waals surface area contributed by atoms with Crippen molar-refractivity contribution in [2.75, 3.05) is 0 Å². The summed E-state index contributed by atoms with van der Waals surface area (Å²) in [6.45, 7) is 0.